The Morgan fingerprint density at radius 3 is 0.804 bits per heavy atom. The van der Waals surface area contributed by atoms with Gasteiger partial charge in [0.25, 0.3) is 10.1 Å². The van der Waals surface area contributed by atoms with Crippen LogP contribution in [0.4, 0.5) is 0 Å². The highest BCUT2D eigenvalue weighted by molar-refractivity contribution is 7.85. The van der Waals surface area contributed by atoms with Gasteiger partial charge in [-0.05, 0) is 48.9 Å². The van der Waals surface area contributed by atoms with Crippen LogP contribution in [0, 0.1) is 0 Å². The Bertz CT molecular complexity index is 840. The van der Waals surface area contributed by atoms with Crippen molar-refractivity contribution in [3.8, 4) is 0 Å². The minimum atomic E-state index is -4.17. The molecule has 0 unspecified atom stereocenters. The molecule has 0 radical (unpaired) electrons. The third-order valence-electron chi connectivity index (χ3n) is 9.96. The van der Waals surface area contributed by atoms with Gasteiger partial charge in [-0.15, -0.1) is 0 Å². The summed E-state index contributed by atoms with van der Waals surface area (Å²) in [5, 5.41) is 0. The van der Waals surface area contributed by atoms with E-state index in [0.29, 0.717) is 0 Å². The van der Waals surface area contributed by atoms with Crippen molar-refractivity contribution in [2.24, 2.45) is 0 Å². The van der Waals surface area contributed by atoms with Crippen molar-refractivity contribution >= 4 is 10.1 Å². The standard InChI is InChI=1S/C42H78O3S/c1-3-5-7-9-11-13-15-17-19-21-23-25-27-29-31-33-35-40-37-41(39-42(38-40)46(43,44)45)36-34-32-30-28-26-24-22-20-18-16-14-12-10-8-6-4-2/h37-39H,3-36H2,1-2H3,(H,43,44,45). The normalized spacial score (nSPS) is 11.9. The highest BCUT2D eigenvalue weighted by Crippen LogP contribution is 2.21. The highest BCUT2D eigenvalue weighted by atomic mass is 32.2. The molecule has 4 heteroatoms. The molecule has 0 amide bonds. The second-order valence-electron chi connectivity index (χ2n) is 14.6. The van der Waals surface area contributed by atoms with E-state index in [-0.39, 0.29) is 4.90 Å². The molecule has 0 saturated carbocycles. The molecule has 0 atom stereocenters. The van der Waals surface area contributed by atoms with E-state index in [9.17, 15) is 13.0 Å². The first-order valence-corrected chi connectivity index (χ1v) is 22.0. The highest BCUT2D eigenvalue weighted by Gasteiger charge is 2.12. The van der Waals surface area contributed by atoms with E-state index >= 15 is 0 Å². The van der Waals surface area contributed by atoms with Crippen molar-refractivity contribution in [1.82, 2.24) is 0 Å². The molecule has 1 rings (SSSR count). The summed E-state index contributed by atoms with van der Waals surface area (Å²) in [6.07, 6.45) is 45.1. The van der Waals surface area contributed by atoms with Crippen LogP contribution in [0.5, 0.6) is 0 Å². The zero-order valence-corrected chi connectivity index (χ0v) is 31.8. The van der Waals surface area contributed by atoms with Gasteiger partial charge in [-0.25, -0.2) is 0 Å². The maximum atomic E-state index is 11.9. The molecular formula is C42H78O3S. The molecule has 0 heterocycles. The summed E-state index contributed by atoms with van der Waals surface area (Å²) in [4.78, 5) is 0.0768. The maximum absolute atomic E-state index is 11.9. The maximum Gasteiger partial charge on any atom is 0.294 e. The van der Waals surface area contributed by atoms with Crippen molar-refractivity contribution < 1.29 is 13.0 Å². The predicted octanol–water partition coefficient (Wildman–Crippen LogP) is 14.5. The fourth-order valence-corrected chi connectivity index (χ4v) is 7.52. The zero-order valence-electron chi connectivity index (χ0n) is 30.9. The molecule has 0 spiro atoms. The lowest BCUT2D eigenvalue weighted by Crippen LogP contribution is -2.02. The van der Waals surface area contributed by atoms with Crippen molar-refractivity contribution in [1.29, 1.82) is 0 Å². The van der Waals surface area contributed by atoms with Crippen molar-refractivity contribution in [2.45, 2.75) is 237 Å². The number of rotatable bonds is 35. The summed E-state index contributed by atoms with van der Waals surface area (Å²) >= 11 is 0. The van der Waals surface area contributed by atoms with Gasteiger partial charge in [-0.1, -0.05) is 213 Å². The summed E-state index contributed by atoms with van der Waals surface area (Å²) in [7, 11) is -4.17. The fourth-order valence-electron chi connectivity index (χ4n) is 6.92. The topological polar surface area (TPSA) is 54.4 Å². The Morgan fingerprint density at radius 2 is 0.587 bits per heavy atom. The molecule has 0 aliphatic carbocycles. The molecular weight excluding hydrogens is 585 g/mol. The summed E-state index contributed by atoms with van der Waals surface area (Å²) < 4.78 is 33.6. The van der Waals surface area contributed by atoms with E-state index < -0.39 is 10.1 Å². The first-order chi connectivity index (χ1) is 22.5. The van der Waals surface area contributed by atoms with Gasteiger partial charge in [0.2, 0.25) is 0 Å². The number of hydrogen-bond donors (Lipinski definition) is 1. The zero-order chi connectivity index (χ0) is 33.4. The third-order valence-corrected chi connectivity index (χ3v) is 10.8. The predicted molar refractivity (Wildman–Crippen MR) is 203 cm³/mol. The summed E-state index contributed by atoms with van der Waals surface area (Å²) in [6, 6.07) is 5.57. The smallest absolute Gasteiger partial charge is 0.282 e. The second kappa shape index (κ2) is 31.4. The van der Waals surface area contributed by atoms with Gasteiger partial charge < -0.3 is 0 Å². The molecule has 0 saturated heterocycles. The first-order valence-electron chi connectivity index (χ1n) is 20.6. The Balaban J connectivity index is 2.09. The molecule has 1 aromatic rings. The number of hydrogen-bond acceptors (Lipinski definition) is 2. The first kappa shape index (κ1) is 43.2. The fraction of sp³-hybridized carbons (Fsp3) is 0.857. The van der Waals surface area contributed by atoms with Crippen LogP contribution in [0.1, 0.15) is 230 Å². The van der Waals surface area contributed by atoms with Crippen LogP contribution in [-0.4, -0.2) is 13.0 Å². The van der Waals surface area contributed by atoms with Crippen LogP contribution in [-0.2, 0) is 23.0 Å². The van der Waals surface area contributed by atoms with Gasteiger partial charge in [0.15, 0.2) is 0 Å². The molecule has 1 N–H and O–H groups in total. The molecule has 0 bridgehead atoms. The van der Waals surface area contributed by atoms with E-state index in [2.05, 4.69) is 19.9 Å². The van der Waals surface area contributed by atoms with E-state index in [4.69, 9.17) is 0 Å². The Kier molecular flexibility index (Phi) is 29.5. The van der Waals surface area contributed by atoms with Crippen molar-refractivity contribution in [2.75, 3.05) is 0 Å². The van der Waals surface area contributed by atoms with Crippen LogP contribution in [0.2, 0.25) is 0 Å². The average molecular weight is 663 g/mol. The lowest BCUT2D eigenvalue weighted by atomic mass is 9.99. The largest absolute Gasteiger partial charge is 0.294 e. The third kappa shape index (κ3) is 27.1. The number of benzene rings is 1. The lowest BCUT2D eigenvalue weighted by Gasteiger charge is -2.09. The van der Waals surface area contributed by atoms with Gasteiger partial charge in [0.05, 0.1) is 4.90 Å². The van der Waals surface area contributed by atoms with E-state index in [1.54, 1.807) is 12.1 Å². The summed E-state index contributed by atoms with van der Waals surface area (Å²) in [5.74, 6) is 0. The van der Waals surface area contributed by atoms with Gasteiger partial charge in [0.1, 0.15) is 0 Å². The van der Waals surface area contributed by atoms with Crippen molar-refractivity contribution in [3.63, 3.8) is 0 Å². The molecule has 0 aromatic heterocycles. The molecule has 270 valence electrons. The van der Waals surface area contributed by atoms with Gasteiger partial charge in [-0.2, -0.15) is 8.42 Å². The summed E-state index contributed by atoms with van der Waals surface area (Å²) in [6.45, 7) is 4.57. The minimum Gasteiger partial charge on any atom is -0.282 e. The van der Waals surface area contributed by atoms with E-state index in [1.807, 2.05) is 0 Å². The Labute approximate surface area is 288 Å². The van der Waals surface area contributed by atoms with Crippen LogP contribution >= 0.6 is 0 Å². The molecule has 1 aromatic carbocycles. The minimum absolute atomic E-state index is 0.0768. The van der Waals surface area contributed by atoms with Crippen LogP contribution in [0.15, 0.2) is 23.1 Å². The van der Waals surface area contributed by atoms with Crippen LogP contribution in [0.3, 0.4) is 0 Å². The number of unbranched alkanes of at least 4 members (excludes halogenated alkanes) is 30. The number of aryl methyl sites for hydroxylation is 2. The van der Waals surface area contributed by atoms with Gasteiger partial charge >= 0.3 is 0 Å². The molecule has 46 heavy (non-hydrogen) atoms. The van der Waals surface area contributed by atoms with Crippen LogP contribution in [0.25, 0.3) is 0 Å². The lowest BCUT2D eigenvalue weighted by molar-refractivity contribution is 0.482. The van der Waals surface area contributed by atoms with Gasteiger partial charge in [-0.3, -0.25) is 4.55 Å². The van der Waals surface area contributed by atoms with E-state index in [0.717, 1.165) is 36.8 Å². The second-order valence-corrected chi connectivity index (χ2v) is 16.0. The SMILES string of the molecule is CCCCCCCCCCCCCCCCCCc1cc(CCCCCCCCCCCCCCCCCC)cc(S(=O)(=O)O)c1. The molecule has 0 aliphatic heterocycles. The Hall–Kier alpha value is -0.870. The van der Waals surface area contributed by atoms with Gasteiger partial charge in [0, 0.05) is 0 Å². The molecule has 0 fully saturated rings. The molecule has 3 nitrogen and oxygen atoms in total. The van der Waals surface area contributed by atoms with E-state index in [1.165, 1.54) is 193 Å². The quantitative estimate of drug-likeness (QED) is 0.0581. The Morgan fingerprint density at radius 1 is 0.370 bits per heavy atom. The van der Waals surface area contributed by atoms with Crippen LogP contribution < -0.4 is 0 Å². The monoisotopic (exact) mass is 663 g/mol. The average Bonchev–Trinajstić information content (AvgIpc) is 3.04. The van der Waals surface area contributed by atoms with Crippen molar-refractivity contribution in [3.05, 3.63) is 29.3 Å². The molecule has 0 aliphatic rings. The summed E-state index contributed by atoms with van der Waals surface area (Å²) in [5.41, 5.74) is 2.12.